The molecule has 1 heterocycles. The summed E-state index contributed by atoms with van der Waals surface area (Å²) >= 11 is 0. The van der Waals surface area contributed by atoms with Crippen LogP contribution in [0.15, 0.2) is 0 Å². The fourth-order valence-electron chi connectivity index (χ4n) is 0.968. The Bertz CT molecular complexity index is 76.3. The van der Waals surface area contributed by atoms with Crippen molar-refractivity contribution >= 4 is 8.69 Å². The van der Waals surface area contributed by atoms with Gasteiger partial charge < -0.3 is 4.89 Å². The molecule has 5 nitrogen and oxygen atoms in total. The van der Waals surface area contributed by atoms with Gasteiger partial charge in [-0.25, -0.2) is 10.9 Å². The summed E-state index contributed by atoms with van der Waals surface area (Å²) in [5.74, 6) is 0. The molecule has 12 heavy (non-hydrogen) atoms. The van der Waals surface area contributed by atoms with Gasteiger partial charge in [0.1, 0.15) is 0 Å². The van der Waals surface area contributed by atoms with Gasteiger partial charge in [0.25, 0.3) is 0 Å². The first-order valence-electron chi connectivity index (χ1n) is 4.20. The maximum absolute atomic E-state index is 8.57. The van der Waals surface area contributed by atoms with Crippen LogP contribution in [0.5, 0.6) is 0 Å². The first kappa shape index (κ1) is 12.1. The summed E-state index contributed by atoms with van der Waals surface area (Å²) in [5, 5.41) is 0. The molecule has 0 aromatic rings. The predicted octanol–water partition coefficient (Wildman–Crippen LogP) is -0.191. The lowest BCUT2D eigenvalue weighted by molar-refractivity contribution is 0.442. The standard InChI is InChI=1S/C6H15N3.H3O2P/c1-2-4-6-8-9-7-5-3-1;1-3-2/h7-9H,1-6H2;3H2,(H,1,2). The van der Waals surface area contributed by atoms with E-state index in [2.05, 4.69) is 16.4 Å². The number of hydrogen-bond donors (Lipinski definition) is 4. The normalized spacial score (nSPS) is 20.4. The fraction of sp³-hybridized carbons (Fsp3) is 1.00. The summed E-state index contributed by atoms with van der Waals surface area (Å²) in [6, 6.07) is 0. The number of hydrazine groups is 2. The van der Waals surface area contributed by atoms with Crippen molar-refractivity contribution in [2.24, 2.45) is 0 Å². The smallest absolute Gasteiger partial charge is 0.177 e. The summed E-state index contributed by atoms with van der Waals surface area (Å²) in [6.07, 6.45) is 5.29. The Labute approximate surface area is 74.2 Å². The molecule has 1 atom stereocenters. The van der Waals surface area contributed by atoms with Crippen molar-refractivity contribution in [2.75, 3.05) is 13.1 Å². The third kappa shape index (κ3) is 10.1. The number of rotatable bonds is 0. The lowest BCUT2D eigenvalue weighted by Crippen LogP contribution is -2.43. The van der Waals surface area contributed by atoms with Gasteiger partial charge in [-0.05, 0) is 12.8 Å². The molecule has 1 unspecified atom stereocenters. The monoisotopic (exact) mass is 195 g/mol. The van der Waals surface area contributed by atoms with Crippen LogP contribution in [-0.2, 0) is 4.57 Å². The molecule has 0 aliphatic carbocycles. The minimum absolute atomic E-state index is 1.08. The van der Waals surface area contributed by atoms with Crippen molar-refractivity contribution in [3.05, 3.63) is 0 Å². The molecule has 4 N–H and O–H groups in total. The van der Waals surface area contributed by atoms with E-state index in [0.717, 1.165) is 13.1 Å². The third-order valence-corrected chi connectivity index (χ3v) is 1.53. The van der Waals surface area contributed by atoms with Crippen molar-refractivity contribution in [1.29, 1.82) is 0 Å². The zero-order chi connectivity index (χ0) is 9.07. The van der Waals surface area contributed by atoms with Crippen LogP contribution in [0.25, 0.3) is 0 Å². The Morgan fingerprint density at radius 3 is 1.83 bits per heavy atom. The second kappa shape index (κ2) is 11.1. The van der Waals surface area contributed by atoms with Crippen LogP contribution < -0.4 is 16.4 Å². The highest BCUT2D eigenvalue weighted by Gasteiger charge is 1.92. The van der Waals surface area contributed by atoms with Crippen LogP contribution in [0, 0.1) is 0 Å². The first-order chi connectivity index (χ1) is 5.91. The van der Waals surface area contributed by atoms with Crippen molar-refractivity contribution in [3.8, 4) is 0 Å². The van der Waals surface area contributed by atoms with Gasteiger partial charge in [-0.3, -0.25) is 4.57 Å². The highest BCUT2D eigenvalue weighted by Crippen LogP contribution is 1.97. The maximum atomic E-state index is 8.57. The van der Waals surface area contributed by atoms with E-state index in [4.69, 9.17) is 9.46 Å². The van der Waals surface area contributed by atoms with E-state index in [9.17, 15) is 0 Å². The lowest BCUT2D eigenvalue weighted by atomic mass is 10.2. The van der Waals surface area contributed by atoms with Crippen LogP contribution in [-0.4, -0.2) is 18.0 Å². The Morgan fingerprint density at radius 1 is 1.00 bits per heavy atom. The lowest BCUT2D eigenvalue weighted by Gasteiger charge is -2.03. The second-order valence-electron chi connectivity index (χ2n) is 2.50. The van der Waals surface area contributed by atoms with Crippen molar-refractivity contribution < 1.29 is 9.46 Å². The number of nitrogens with one attached hydrogen (secondary N) is 3. The highest BCUT2D eigenvalue weighted by molar-refractivity contribution is 7.16. The average molecular weight is 195 g/mol. The fourth-order valence-corrected chi connectivity index (χ4v) is 0.968. The molecule has 0 saturated carbocycles. The molecule has 6 heteroatoms. The van der Waals surface area contributed by atoms with Gasteiger partial charge in [-0.2, -0.15) is 5.53 Å². The Kier molecular flexibility index (Phi) is 11.1. The molecule has 1 fully saturated rings. The van der Waals surface area contributed by atoms with E-state index in [1.807, 2.05) is 0 Å². The van der Waals surface area contributed by atoms with E-state index in [1.54, 1.807) is 0 Å². The van der Waals surface area contributed by atoms with Gasteiger partial charge in [0.2, 0.25) is 0 Å². The van der Waals surface area contributed by atoms with Gasteiger partial charge in [0, 0.05) is 13.1 Å². The van der Waals surface area contributed by atoms with Gasteiger partial charge in [-0.15, -0.1) is 0 Å². The van der Waals surface area contributed by atoms with E-state index in [1.165, 1.54) is 25.7 Å². The second-order valence-corrected chi connectivity index (χ2v) is 2.71. The molecule has 1 saturated heterocycles. The van der Waals surface area contributed by atoms with Crippen LogP contribution >= 0.6 is 8.69 Å². The van der Waals surface area contributed by atoms with Crippen molar-refractivity contribution in [3.63, 3.8) is 0 Å². The molecule has 0 aromatic carbocycles. The molecule has 74 valence electrons. The number of hydrogen-bond acceptors (Lipinski definition) is 4. The van der Waals surface area contributed by atoms with E-state index in [-0.39, 0.29) is 0 Å². The molecule has 0 bridgehead atoms. The largest absolute Gasteiger partial charge is 0.348 e. The summed E-state index contributed by atoms with van der Waals surface area (Å²) in [5.41, 5.74) is 9.06. The maximum Gasteiger partial charge on any atom is 0.177 e. The van der Waals surface area contributed by atoms with E-state index < -0.39 is 8.69 Å². The minimum Gasteiger partial charge on any atom is -0.348 e. The summed E-state index contributed by atoms with van der Waals surface area (Å²) in [6.45, 7) is 2.15. The summed E-state index contributed by atoms with van der Waals surface area (Å²) in [4.78, 5) is 7.10. The molecule has 1 aliphatic heterocycles. The topological polar surface area (TPSA) is 73.4 Å². The molecular formula is C6H18N3O2P. The van der Waals surface area contributed by atoms with Crippen LogP contribution in [0.4, 0.5) is 0 Å². The molecule has 0 radical (unpaired) electrons. The minimum atomic E-state index is -1.50. The third-order valence-electron chi connectivity index (χ3n) is 1.53. The quantitative estimate of drug-likeness (QED) is 0.403. The zero-order valence-electron chi connectivity index (χ0n) is 7.18. The van der Waals surface area contributed by atoms with Crippen LogP contribution in [0.2, 0.25) is 0 Å². The van der Waals surface area contributed by atoms with Crippen molar-refractivity contribution in [2.45, 2.75) is 25.7 Å². The van der Waals surface area contributed by atoms with Crippen molar-refractivity contribution in [1.82, 2.24) is 16.4 Å². The predicted molar refractivity (Wildman–Crippen MR) is 50.2 cm³/mol. The van der Waals surface area contributed by atoms with E-state index in [0.29, 0.717) is 0 Å². The molecule has 1 aliphatic rings. The molecule has 1 rings (SSSR count). The summed E-state index contributed by atoms with van der Waals surface area (Å²) < 4.78 is 8.57. The van der Waals surface area contributed by atoms with Gasteiger partial charge in [0.15, 0.2) is 8.69 Å². The van der Waals surface area contributed by atoms with Gasteiger partial charge >= 0.3 is 0 Å². The highest BCUT2D eigenvalue weighted by atomic mass is 31.1. The summed E-state index contributed by atoms with van der Waals surface area (Å²) in [7, 11) is -1.50. The first-order valence-corrected chi connectivity index (χ1v) is 5.19. The Balaban J connectivity index is 0.000000354. The molecule has 0 spiro atoms. The van der Waals surface area contributed by atoms with Crippen LogP contribution in [0.3, 0.4) is 0 Å². The van der Waals surface area contributed by atoms with Crippen LogP contribution in [0.1, 0.15) is 25.7 Å². The van der Waals surface area contributed by atoms with Gasteiger partial charge in [0.05, 0.1) is 0 Å². The molecule has 0 aromatic heterocycles. The van der Waals surface area contributed by atoms with E-state index >= 15 is 0 Å². The SMILES string of the molecule is C1CCCNNNCC1.O=[PH2]O. The average Bonchev–Trinajstić information content (AvgIpc) is 2.19. The van der Waals surface area contributed by atoms with Gasteiger partial charge in [-0.1, -0.05) is 12.8 Å². The Morgan fingerprint density at radius 2 is 1.42 bits per heavy atom. The zero-order valence-corrected chi connectivity index (χ0v) is 8.33. The molecule has 0 amide bonds. The Hall–Kier alpha value is 0.0700. The molecular weight excluding hydrogens is 177 g/mol.